The Hall–Kier alpha value is -3.06. The standard InChI is InChI=1S/C26H24O4P2/c27-19-1-9-23(10-2-19)31(24-11-3-20(28)4-12-24)17-18-32(25-13-5-21(29)6-14-25)26-15-7-22(30)8-16-26/h1-16,27-30H,17-18H2. The van der Waals surface area contributed by atoms with Gasteiger partial charge in [0.1, 0.15) is 23.0 Å². The molecule has 0 spiro atoms. The number of phenolic OH excluding ortho intramolecular Hbond substituents is 4. The molecule has 0 bridgehead atoms. The predicted octanol–water partition coefficient (Wildman–Crippen LogP) is 4.07. The molecule has 0 aliphatic carbocycles. The van der Waals surface area contributed by atoms with Crippen molar-refractivity contribution in [2.75, 3.05) is 12.3 Å². The molecule has 0 amide bonds. The maximum Gasteiger partial charge on any atom is 0.115 e. The van der Waals surface area contributed by atoms with E-state index in [1.807, 2.05) is 48.5 Å². The van der Waals surface area contributed by atoms with Crippen molar-refractivity contribution in [3.63, 3.8) is 0 Å². The summed E-state index contributed by atoms with van der Waals surface area (Å²) in [6.45, 7) is 0. The number of hydrogen-bond donors (Lipinski definition) is 4. The van der Waals surface area contributed by atoms with Gasteiger partial charge in [-0.3, -0.25) is 0 Å². The Kier molecular flexibility index (Phi) is 6.95. The van der Waals surface area contributed by atoms with Gasteiger partial charge in [-0.1, -0.05) is 48.5 Å². The summed E-state index contributed by atoms with van der Waals surface area (Å²) in [5, 5.41) is 43.6. The van der Waals surface area contributed by atoms with E-state index in [0.717, 1.165) is 33.5 Å². The van der Waals surface area contributed by atoms with E-state index >= 15 is 0 Å². The zero-order chi connectivity index (χ0) is 22.5. The molecule has 0 saturated carbocycles. The summed E-state index contributed by atoms with van der Waals surface area (Å²) in [5.74, 6) is 0.962. The Labute approximate surface area is 190 Å². The van der Waals surface area contributed by atoms with E-state index in [1.54, 1.807) is 48.5 Å². The van der Waals surface area contributed by atoms with Crippen molar-refractivity contribution in [1.82, 2.24) is 0 Å². The molecular formula is C26H24O4P2. The summed E-state index contributed by atoms with van der Waals surface area (Å²) >= 11 is 0. The Balaban J connectivity index is 1.67. The van der Waals surface area contributed by atoms with Gasteiger partial charge in [0.15, 0.2) is 0 Å². The van der Waals surface area contributed by atoms with Gasteiger partial charge in [0.2, 0.25) is 0 Å². The van der Waals surface area contributed by atoms with Crippen LogP contribution >= 0.6 is 15.8 Å². The van der Waals surface area contributed by atoms with Gasteiger partial charge in [-0.2, -0.15) is 0 Å². The lowest BCUT2D eigenvalue weighted by Gasteiger charge is -2.24. The van der Waals surface area contributed by atoms with Gasteiger partial charge in [0.05, 0.1) is 0 Å². The van der Waals surface area contributed by atoms with Gasteiger partial charge in [-0.15, -0.1) is 0 Å². The molecule has 0 fully saturated rings. The minimum atomic E-state index is -0.706. The van der Waals surface area contributed by atoms with Gasteiger partial charge in [-0.05, 0) is 97.9 Å². The molecule has 0 aliphatic heterocycles. The number of rotatable bonds is 7. The van der Waals surface area contributed by atoms with Crippen molar-refractivity contribution in [3.05, 3.63) is 97.1 Å². The highest BCUT2D eigenvalue weighted by atomic mass is 31.1. The molecule has 0 aromatic heterocycles. The lowest BCUT2D eigenvalue weighted by Crippen LogP contribution is -2.19. The van der Waals surface area contributed by atoms with Crippen LogP contribution in [0.2, 0.25) is 0 Å². The lowest BCUT2D eigenvalue weighted by molar-refractivity contribution is 0.475. The number of phenols is 4. The summed E-state index contributed by atoms with van der Waals surface area (Å²) in [4.78, 5) is 0. The molecule has 0 aliphatic rings. The fraction of sp³-hybridized carbons (Fsp3) is 0.0769. The van der Waals surface area contributed by atoms with Crippen LogP contribution in [0, 0.1) is 0 Å². The molecule has 0 saturated heterocycles. The lowest BCUT2D eigenvalue weighted by atomic mass is 10.3. The van der Waals surface area contributed by atoms with E-state index in [2.05, 4.69) is 0 Å². The van der Waals surface area contributed by atoms with Crippen LogP contribution in [0.4, 0.5) is 0 Å². The summed E-state index contributed by atoms with van der Waals surface area (Å²) in [7, 11) is -1.41. The largest absolute Gasteiger partial charge is 0.508 e. The minimum absolute atomic E-state index is 0.241. The van der Waals surface area contributed by atoms with Crippen molar-refractivity contribution in [2.24, 2.45) is 0 Å². The Morgan fingerprint density at radius 3 is 0.719 bits per heavy atom. The number of aromatic hydroxyl groups is 4. The second-order valence-corrected chi connectivity index (χ2v) is 12.0. The molecule has 0 unspecified atom stereocenters. The van der Waals surface area contributed by atoms with Gasteiger partial charge < -0.3 is 20.4 Å². The normalized spacial score (nSPS) is 11.2. The fourth-order valence-corrected chi connectivity index (χ4v) is 8.81. The van der Waals surface area contributed by atoms with Gasteiger partial charge in [0.25, 0.3) is 0 Å². The highest BCUT2D eigenvalue weighted by molar-refractivity contribution is 7.76. The third-order valence-corrected chi connectivity index (χ3v) is 10.6. The van der Waals surface area contributed by atoms with Crippen molar-refractivity contribution in [1.29, 1.82) is 0 Å². The molecule has 162 valence electrons. The number of benzene rings is 4. The molecule has 6 heteroatoms. The van der Waals surface area contributed by atoms with Crippen molar-refractivity contribution < 1.29 is 20.4 Å². The van der Waals surface area contributed by atoms with Crippen LogP contribution in [-0.2, 0) is 0 Å². The minimum Gasteiger partial charge on any atom is -0.508 e. The Morgan fingerprint density at radius 1 is 0.344 bits per heavy atom. The molecule has 4 N–H and O–H groups in total. The molecule has 4 aromatic rings. The first-order chi connectivity index (χ1) is 15.5. The summed E-state index contributed by atoms with van der Waals surface area (Å²) in [5.41, 5.74) is 0. The average molecular weight is 462 g/mol. The van der Waals surface area contributed by atoms with Crippen LogP contribution in [0.15, 0.2) is 97.1 Å². The summed E-state index contributed by atoms with van der Waals surface area (Å²) < 4.78 is 0. The van der Waals surface area contributed by atoms with Crippen molar-refractivity contribution >= 4 is 37.1 Å². The highest BCUT2D eigenvalue weighted by Crippen LogP contribution is 2.42. The van der Waals surface area contributed by atoms with E-state index in [0.29, 0.717) is 0 Å². The number of hydrogen-bond acceptors (Lipinski definition) is 4. The third-order valence-electron chi connectivity index (χ3n) is 5.19. The van der Waals surface area contributed by atoms with Crippen LogP contribution in [0.25, 0.3) is 0 Å². The maximum atomic E-state index is 9.74. The SMILES string of the molecule is Oc1ccc(P(CCP(c2ccc(O)cc2)c2ccc(O)cc2)c2ccc(O)cc2)cc1. The van der Waals surface area contributed by atoms with E-state index in [1.165, 1.54) is 0 Å². The van der Waals surface area contributed by atoms with E-state index in [4.69, 9.17) is 0 Å². The van der Waals surface area contributed by atoms with Gasteiger partial charge in [0, 0.05) is 0 Å². The van der Waals surface area contributed by atoms with Crippen molar-refractivity contribution in [2.45, 2.75) is 0 Å². The molecule has 4 rings (SSSR count). The third kappa shape index (κ3) is 5.40. The van der Waals surface area contributed by atoms with Crippen LogP contribution in [0.3, 0.4) is 0 Å². The molecule has 0 atom stereocenters. The molecule has 32 heavy (non-hydrogen) atoms. The fourth-order valence-electron chi connectivity index (χ4n) is 3.54. The topological polar surface area (TPSA) is 80.9 Å². The van der Waals surface area contributed by atoms with Crippen LogP contribution in [0.5, 0.6) is 23.0 Å². The quantitative estimate of drug-likeness (QED) is 0.312. The molecule has 4 aromatic carbocycles. The second kappa shape index (κ2) is 10.0. The van der Waals surface area contributed by atoms with E-state index in [9.17, 15) is 20.4 Å². The smallest absolute Gasteiger partial charge is 0.115 e. The van der Waals surface area contributed by atoms with Crippen LogP contribution in [0.1, 0.15) is 0 Å². The van der Waals surface area contributed by atoms with E-state index < -0.39 is 15.8 Å². The zero-order valence-electron chi connectivity index (χ0n) is 17.3. The molecular weight excluding hydrogens is 438 g/mol. The first kappa shape index (κ1) is 22.1. The maximum absolute atomic E-state index is 9.74. The second-order valence-electron chi connectivity index (χ2n) is 7.37. The monoisotopic (exact) mass is 462 g/mol. The van der Waals surface area contributed by atoms with Crippen LogP contribution in [-0.4, -0.2) is 32.7 Å². The molecule has 4 nitrogen and oxygen atoms in total. The van der Waals surface area contributed by atoms with Gasteiger partial charge in [-0.25, -0.2) is 0 Å². The van der Waals surface area contributed by atoms with Gasteiger partial charge >= 0.3 is 0 Å². The van der Waals surface area contributed by atoms with Crippen molar-refractivity contribution in [3.8, 4) is 23.0 Å². The first-order valence-electron chi connectivity index (χ1n) is 10.2. The summed E-state index contributed by atoms with van der Waals surface area (Å²) in [6, 6.07) is 29.5. The highest BCUT2D eigenvalue weighted by Gasteiger charge is 2.20. The molecule has 0 radical (unpaired) electrons. The predicted molar refractivity (Wildman–Crippen MR) is 135 cm³/mol. The molecule has 0 heterocycles. The Morgan fingerprint density at radius 2 is 0.531 bits per heavy atom. The zero-order valence-corrected chi connectivity index (χ0v) is 19.1. The Bertz CT molecular complexity index is 957. The summed E-state index contributed by atoms with van der Waals surface area (Å²) in [6.07, 6.45) is 1.83. The average Bonchev–Trinajstić information content (AvgIpc) is 2.80. The van der Waals surface area contributed by atoms with Crippen LogP contribution < -0.4 is 21.2 Å². The first-order valence-corrected chi connectivity index (χ1v) is 13.3. The van der Waals surface area contributed by atoms with E-state index in [-0.39, 0.29) is 23.0 Å².